The van der Waals surface area contributed by atoms with E-state index in [4.69, 9.17) is 28.9 Å². The lowest BCUT2D eigenvalue weighted by atomic mass is 10.2. The highest BCUT2D eigenvalue weighted by Crippen LogP contribution is 2.37. The predicted octanol–water partition coefficient (Wildman–Crippen LogP) is 3.72. The maximum Gasteiger partial charge on any atom is 0.131 e. The molecule has 0 bridgehead atoms. The molecule has 2 heterocycles. The molecule has 96 valence electrons. The minimum atomic E-state index is 0.460. The number of hydrogen-bond acceptors (Lipinski definition) is 6. The van der Waals surface area contributed by atoms with Crippen molar-refractivity contribution in [2.75, 3.05) is 11.1 Å². The monoisotopic (exact) mass is 311 g/mol. The Morgan fingerprint density at radius 3 is 2.74 bits per heavy atom. The number of pyridine rings is 1. The fraction of sp³-hybridized carbons (Fsp3) is 0. The molecule has 0 aliphatic rings. The van der Waals surface area contributed by atoms with Crippen molar-refractivity contribution in [3.05, 3.63) is 34.6 Å². The number of nitrogens with zero attached hydrogens (tertiary/aromatic N) is 3. The van der Waals surface area contributed by atoms with E-state index in [1.54, 1.807) is 24.5 Å². The number of nitrogen functional groups attached to an aromatic ring is 1. The minimum Gasteiger partial charge on any atom is -0.396 e. The van der Waals surface area contributed by atoms with Crippen molar-refractivity contribution in [1.29, 1.82) is 0 Å². The third-order valence-corrected chi connectivity index (χ3v) is 3.67. The summed E-state index contributed by atoms with van der Waals surface area (Å²) in [5.74, 6) is 0. The molecule has 0 saturated heterocycles. The van der Waals surface area contributed by atoms with Gasteiger partial charge < -0.3 is 11.1 Å². The average Bonchev–Trinajstić information content (AvgIpc) is 2.86. The van der Waals surface area contributed by atoms with E-state index < -0.39 is 0 Å². The van der Waals surface area contributed by atoms with Crippen LogP contribution in [0.4, 0.5) is 17.1 Å². The van der Waals surface area contributed by atoms with Crippen LogP contribution in [-0.4, -0.2) is 13.7 Å². The Bertz CT molecular complexity index is 758. The number of anilines is 3. The zero-order chi connectivity index (χ0) is 13.4. The van der Waals surface area contributed by atoms with Gasteiger partial charge in [-0.2, -0.15) is 8.75 Å². The van der Waals surface area contributed by atoms with E-state index in [-0.39, 0.29) is 0 Å². The Balaban J connectivity index is 2.16. The summed E-state index contributed by atoms with van der Waals surface area (Å²) in [6.07, 6.45) is 3.20. The maximum absolute atomic E-state index is 6.20. The second-order valence-electron chi connectivity index (χ2n) is 3.76. The van der Waals surface area contributed by atoms with Gasteiger partial charge in [-0.3, -0.25) is 4.98 Å². The molecule has 0 saturated carbocycles. The number of halogens is 2. The van der Waals surface area contributed by atoms with E-state index in [1.165, 1.54) is 0 Å². The molecular formula is C11H7Cl2N5S. The molecule has 8 heteroatoms. The zero-order valence-electron chi connectivity index (χ0n) is 9.39. The number of nitrogens with two attached hydrogens (primary N) is 1. The van der Waals surface area contributed by atoms with E-state index in [2.05, 4.69) is 19.0 Å². The van der Waals surface area contributed by atoms with Gasteiger partial charge in [-0.15, -0.1) is 0 Å². The molecule has 0 aliphatic heterocycles. The van der Waals surface area contributed by atoms with Crippen LogP contribution < -0.4 is 11.1 Å². The van der Waals surface area contributed by atoms with Crippen LogP contribution in [0.25, 0.3) is 11.0 Å². The van der Waals surface area contributed by atoms with Gasteiger partial charge in [0, 0.05) is 6.20 Å². The van der Waals surface area contributed by atoms with Crippen molar-refractivity contribution in [1.82, 2.24) is 13.7 Å². The second-order valence-corrected chi connectivity index (χ2v) is 5.11. The standard InChI is InChI=1S/C11H7Cl2N5S/c12-5-3-6(13)10-11(18-19-17-10)9(5)16-8-1-2-15-4-7(8)14/h1-4H,14H2,(H,15,16). The number of hydrogen-bond donors (Lipinski definition) is 2. The van der Waals surface area contributed by atoms with E-state index in [0.29, 0.717) is 38.1 Å². The zero-order valence-corrected chi connectivity index (χ0v) is 11.7. The van der Waals surface area contributed by atoms with Gasteiger partial charge in [0.05, 0.1) is 45.0 Å². The summed E-state index contributed by atoms with van der Waals surface area (Å²) < 4.78 is 8.35. The Kier molecular flexibility index (Phi) is 3.14. The number of benzene rings is 1. The maximum atomic E-state index is 6.20. The molecule has 2 aromatic heterocycles. The van der Waals surface area contributed by atoms with Crippen molar-refractivity contribution in [3.8, 4) is 0 Å². The normalized spacial score (nSPS) is 10.8. The van der Waals surface area contributed by atoms with Crippen LogP contribution in [0.2, 0.25) is 10.0 Å². The summed E-state index contributed by atoms with van der Waals surface area (Å²) in [6, 6.07) is 3.39. The molecule has 3 N–H and O–H groups in total. The summed E-state index contributed by atoms with van der Waals surface area (Å²) in [5.41, 5.74) is 8.93. The number of nitrogens with one attached hydrogen (secondary N) is 1. The van der Waals surface area contributed by atoms with Gasteiger partial charge in [0.25, 0.3) is 0 Å². The summed E-state index contributed by atoms with van der Waals surface area (Å²) in [7, 11) is 0. The molecule has 0 aliphatic carbocycles. The van der Waals surface area contributed by atoms with Crippen LogP contribution in [0.5, 0.6) is 0 Å². The molecule has 0 fully saturated rings. The van der Waals surface area contributed by atoms with Crippen LogP contribution in [-0.2, 0) is 0 Å². The number of rotatable bonds is 2. The van der Waals surface area contributed by atoms with Crippen LogP contribution >= 0.6 is 34.9 Å². The van der Waals surface area contributed by atoms with Gasteiger partial charge in [-0.05, 0) is 12.1 Å². The lowest BCUT2D eigenvalue weighted by molar-refractivity contribution is 1.33. The van der Waals surface area contributed by atoms with Gasteiger partial charge in [0.15, 0.2) is 0 Å². The van der Waals surface area contributed by atoms with Gasteiger partial charge in [-0.25, -0.2) is 0 Å². The first-order chi connectivity index (χ1) is 9.16. The molecule has 0 amide bonds. The van der Waals surface area contributed by atoms with Crippen LogP contribution in [0.3, 0.4) is 0 Å². The Hall–Kier alpha value is -1.63. The Labute approximate surface area is 122 Å². The van der Waals surface area contributed by atoms with Crippen LogP contribution in [0, 0.1) is 0 Å². The molecule has 3 aromatic rings. The molecule has 1 aromatic carbocycles. The third-order valence-electron chi connectivity index (χ3n) is 2.56. The summed E-state index contributed by atoms with van der Waals surface area (Å²) in [4.78, 5) is 3.93. The quantitative estimate of drug-likeness (QED) is 0.754. The number of aromatic nitrogens is 3. The lowest BCUT2D eigenvalue weighted by Gasteiger charge is -2.11. The minimum absolute atomic E-state index is 0.460. The van der Waals surface area contributed by atoms with Gasteiger partial charge in [-0.1, -0.05) is 23.2 Å². The SMILES string of the molecule is Nc1cnccc1Nc1c(Cl)cc(Cl)c2nsnc12. The number of fused-ring (bicyclic) bond motifs is 1. The first kappa shape index (κ1) is 12.4. The molecule has 0 unspecified atom stereocenters. The average molecular weight is 312 g/mol. The summed E-state index contributed by atoms with van der Waals surface area (Å²) in [5, 5.41) is 4.08. The van der Waals surface area contributed by atoms with Crippen molar-refractivity contribution in [3.63, 3.8) is 0 Å². The molecule has 0 atom stereocenters. The van der Waals surface area contributed by atoms with Crippen molar-refractivity contribution >= 4 is 63.0 Å². The highest BCUT2D eigenvalue weighted by atomic mass is 35.5. The molecule has 19 heavy (non-hydrogen) atoms. The first-order valence-electron chi connectivity index (χ1n) is 5.23. The van der Waals surface area contributed by atoms with E-state index >= 15 is 0 Å². The lowest BCUT2D eigenvalue weighted by Crippen LogP contribution is -1.98. The fourth-order valence-electron chi connectivity index (χ4n) is 1.65. The van der Waals surface area contributed by atoms with E-state index in [1.807, 2.05) is 0 Å². The van der Waals surface area contributed by atoms with E-state index in [9.17, 15) is 0 Å². The smallest absolute Gasteiger partial charge is 0.131 e. The van der Waals surface area contributed by atoms with E-state index in [0.717, 1.165) is 11.7 Å². The Morgan fingerprint density at radius 1 is 1.16 bits per heavy atom. The highest BCUT2D eigenvalue weighted by molar-refractivity contribution is 7.00. The van der Waals surface area contributed by atoms with Crippen molar-refractivity contribution in [2.45, 2.75) is 0 Å². The summed E-state index contributed by atoms with van der Waals surface area (Å²) in [6.45, 7) is 0. The molecular weight excluding hydrogens is 305 g/mol. The molecule has 0 radical (unpaired) electrons. The fourth-order valence-corrected chi connectivity index (χ4v) is 2.81. The summed E-state index contributed by atoms with van der Waals surface area (Å²) >= 11 is 13.3. The molecule has 3 rings (SSSR count). The molecule has 5 nitrogen and oxygen atoms in total. The van der Waals surface area contributed by atoms with Crippen molar-refractivity contribution in [2.24, 2.45) is 0 Å². The van der Waals surface area contributed by atoms with Crippen molar-refractivity contribution < 1.29 is 0 Å². The highest BCUT2D eigenvalue weighted by Gasteiger charge is 2.14. The van der Waals surface area contributed by atoms with Gasteiger partial charge >= 0.3 is 0 Å². The largest absolute Gasteiger partial charge is 0.396 e. The second kappa shape index (κ2) is 4.80. The Morgan fingerprint density at radius 2 is 1.95 bits per heavy atom. The molecule has 0 spiro atoms. The third kappa shape index (κ3) is 2.18. The van der Waals surface area contributed by atoms with Crippen LogP contribution in [0.1, 0.15) is 0 Å². The topological polar surface area (TPSA) is 76.7 Å². The van der Waals surface area contributed by atoms with Crippen LogP contribution in [0.15, 0.2) is 24.5 Å². The predicted molar refractivity (Wildman–Crippen MR) is 79.4 cm³/mol. The first-order valence-corrected chi connectivity index (χ1v) is 6.72. The van der Waals surface area contributed by atoms with Gasteiger partial charge in [0.1, 0.15) is 11.0 Å². The van der Waals surface area contributed by atoms with Gasteiger partial charge in [0.2, 0.25) is 0 Å².